The summed E-state index contributed by atoms with van der Waals surface area (Å²) in [5.74, 6) is -3.02. The number of carboxylic acids is 1. The second-order valence-electron chi connectivity index (χ2n) is 11.3. The topological polar surface area (TPSA) is 105 Å². The van der Waals surface area contributed by atoms with Crippen LogP contribution >= 0.6 is 0 Å². The Kier molecular flexibility index (Phi) is 12.5. The van der Waals surface area contributed by atoms with E-state index in [2.05, 4.69) is 54.0 Å². The van der Waals surface area contributed by atoms with E-state index in [1.807, 2.05) is 72.8 Å². The molecule has 4 rings (SSSR count). The van der Waals surface area contributed by atoms with Crippen LogP contribution in [0, 0.1) is 12.8 Å². The average Bonchev–Trinajstić information content (AvgIpc) is 3.05. The van der Waals surface area contributed by atoms with Gasteiger partial charge >= 0.3 is 5.97 Å². The predicted octanol–water partition coefficient (Wildman–Crippen LogP) is 6.48. The molecular formula is C38H42N2O5. The quantitative estimate of drug-likeness (QED) is 0.135. The minimum atomic E-state index is -1.03. The van der Waals surface area contributed by atoms with Crippen LogP contribution in [0.4, 0.5) is 0 Å². The summed E-state index contributed by atoms with van der Waals surface area (Å²) in [7, 11) is 1.58. The molecule has 3 atom stereocenters. The molecule has 0 saturated carbocycles. The van der Waals surface area contributed by atoms with Crippen LogP contribution < -0.4 is 10.6 Å². The molecule has 234 valence electrons. The van der Waals surface area contributed by atoms with Crippen LogP contribution in [0.1, 0.15) is 53.5 Å². The first-order valence-corrected chi connectivity index (χ1v) is 15.4. The number of rotatable bonds is 16. The minimum Gasteiger partial charge on any atom is -0.481 e. The van der Waals surface area contributed by atoms with Crippen molar-refractivity contribution in [1.82, 2.24) is 10.6 Å². The van der Waals surface area contributed by atoms with Gasteiger partial charge in [-0.05, 0) is 59.6 Å². The number of hydrogen-bond donors (Lipinski definition) is 3. The van der Waals surface area contributed by atoms with E-state index in [0.29, 0.717) is 19.4 Å². The van der Waals surface area contributed by atoms with Gasteiger partial charge in [-0.15, -0.1) is 0 Å². The Balaban J connectivity index is 1.39. The number of ether oxygens (including phenoxy) is 1. The molecule has 1 unspecified atom stereocenters. The maximum atomic E-state index is 13.6. The number of nitrogens with one attached hydrogen (secondary N) is 2. The van der Waals surface area contributed by atoms with E-state index >= 15 is 0 Å². The van der Waals surface area contributed by atoms with E-state index in [0.717, 1.165) is 28.7 Å². The molecule has 0 bridgehead atoms. The molecular weight excluding hydrogens is 564 g/mol. The smallest absolute Gasteiger partial charge is 0.304 e. The van der Waals surface area contributed by atoms with Crippen molar-refractivity contribution < 1.29 is 24.2 Å². The molecule has 0 heterocycles. The summed E-state index contributed by atoms with van der Waals surface area (Å²) < 4.78 is 5.37. The van der Waals surface area contributed by atoms with Gasteiger partial charge in [0.25, 0.3) is 0 Å². The highest BCUT2D eigenvalue weighted by Gasteiger charge is 2.27. The van der Waals surface area contributed by atoms with Crippen LogP contribution in [-0.4, -0.2) is 43.2 Å². The number of benzene rings is 4. The number of amides is 2. The predicted molar refractivity (Wildman–Crippen MR) is 177 cm³/mol. The molecule has 0 aliphatic rings. The van der Waals surface area contributed by atoms with E-state index in [1.54, 1.807) is 7.11 Å². The third-order valence-electron chi connectivity index (χ3n) is 8.07. The first kappa shape index (κ1) is 33.1. The number of carbonyl (C=O) groups is 3. The Morgan fingerprint density at radius 3 is 2.02 bits per heavy atom. The molecule has 3 N–H and O–H groups in total. The van der Waals surface area contributed by atoms with Crippen molar-refractivity contribution in [2.24, 2.45) is 5.92 Å². The number of aryl methyl sites for hydroxylation is 2. The molecule has 2 amide bonds. The van der Waals surface area contributed by atoms with E-state index < -0.39 is 17.8 Å². The summed E-state index contributed by atoms with van der Waals surface area (Å²) in [6, 6.07) is 35.1. The van der Waals surface area contributed by atoms with Crippen LogP contribution in [0.3, 0.4) is 0 Å². The van der Waals surface area contributed by atoms with E-state index in [-0.39, 0.29) is 30.8 Å². The van der Waals surface area contributed by atoms with Crippen molar-refractivity contribution in [2.75, 3.05) is 20.3 Å². The first-order chi connectivity index (χ1) is 21.9. The van der Waals surface area contributed by atoms with Gasteiger partial charge in [0.05, 0.1) is 25.0 Å². The lowest BCUT2D eigenvalue weighted by Crippen LogP contribution is -2.41. The molecule has 0 radical (unpaired) electrons. The maximum Gasteiger partial charge on any atom is 0.304 e. The normalized spacial score (nSPS) is 12.9. The molecule has 4 aromatic rings. The van der Waals surface area contributed by atoms with Gasteiger partial charge in [-0.3, -0.25) is 14.4 Å². The number of methoxy groups -OCH3 is 1. The fourth-order valence-corrected chi connectivity index (χ4v) is 5.58. The third kappa shape index (κ3) is 9.88. The highest BCUT2D eigenvalue weighted by molar-refractivity contribution is 5.87. The third-order valence-corrected chi connectivity index (χ3v) is 8.07. The Hall–Kier alpha value is -4.75. The fourth-order valence-electron chi connectivity index (χ4n) is 5.58. The minimum absolute atomic E-state index is 0.0413. The molecule has 0 aromatic heterocycles. The number of hydrogen-bond acceptors (Lipinski definition) is 4. The largest absolute Gasteiger partial charge is 0.481 e. The molecule has 7 nitrogen and oxygen atoms in total. The zero-order valence-corrected chi connectivity index (χ0v) is 25.9. The monoisotopic (exact) mass is 606 g/mol. The molecule has 0 spiro atoms. The number of aliphatic carboxylic acids is 1. The Morgan fingerprint density at radius 1 is 0.778 bits per heavy atom. The van der Waals surface area contributed by atoms with Gasteiger partial charge in [-0.2, -0.15) is 0 Å². The molecule has 0 aliphatic heterocycles. The molecule has 0 aliphatic carbocycles. The molecule has 7 heteroatoms. The number of carbonyl (C=O) groups excluding carboxylic acids is 2. The molecule has 45 heavy (non-hydrogen) atoms. The highest BCUT2D eigenvalue weighted by Crippen LogP contribution is 2.25. The van der Waals surface area contributed by atoms with Gasteiger partial charge < -0.3 is 20.5 Å². The van der Waals surface area contributed by atoms with Gasteiger partial charge in [0.1, 0.15) is 0 Å². The lowest BCUT2D eigenvalue weighted by molar-refractivity contribution is -0.141. The zero-order valence-electron chi connectivity index (χ0n) is 25.9. The van der Waals surface area contributed by atoms with Crippen LogP contribution in [0.15, 0.2) is 109 Å². The van der Waals surface area contributed by atoms with Crippen molar-refractivity contribution in [3.8, 4) is 11.1 Å². The SMILES string of the molecule is COC[C@@H](NC(=O)C(CNC(=O)[C@H](CCCc1ccc(-c2ccccc2C)cc1)CC(=O)O)c1ccccc1)c1ccccc1. The standard InChI is InChI=1S/C38H42N2O5/c1-27-12-9-10-19-33(27)30-22-20-28(21-23-30)13-11-18-32(24-36(41)42)37(43)39-25-34(29-14-5-3-6-15-29)38(44)40-35(26-45-2)31-16-7-4-8-17-31/h3-10,12,14-17,19-23,32,34-35H,11,13,18,24-26H2,1-2H3,(H,39,43)(H,40,44)(H,41,42)/t32-,34?,35-/m1/s1. The summed E-state index contributed by atoms with van der Waals surface area (Å²) in [4.78, 5) is 38.6. The van der Waals surface area contributed by atoms with Gasteiger partial charge in [0.2, 0.25) is 11.8 Å². The van der Waals surface area contributed by atoms with Crippen molar-refractivity contribution in [3.05, 3.63) is 131 Å². The van der Waals surface area contributed by atoms with Crippen molar-refractivity contribution in [3.63, 3.8) is 0 Å². The fraction of sp³-hybridized carbons (Fsp3) is 0.289. The maximum absolute atomic E-state index is 13.6. The van der Waals surface area contributed by atoms with Crippen molar-refractivity contribution in [1.29, 1.82) is 0 Å². The molecule has 0 saturated heterocycles. The van der Waals surface area contributed by atoms with Gasteiger partial charge in [-0.25, -0.2) is 0 Å². The van der Waals surface area contributed by atoms with E-state index in [1.165, 1.54) is 11.1 Å². The summed E-state index contributed by atoms with van der Waals surface area (Å²) in [6.07, 6.45) is 1.54. The van der Waals surface area contributed by atoms with Gasteiger partial charge in [0, 0.05) is 19.6 Å². The Bertz CT molecular complexity index is 1520. The summed E-state index contributed by atoms with van der Waals surface area (Å²) in [5, 5.41) is 15.5. The van der Waals surface area contributed by atoms with Gasteiger partial charge in [-0.1, -0.05) is 109 Å². The molecule has 4 aromatic carbocycles. The summed E-state index contributed by atoms with van der Waals surface area (Å²) in [6.45, 7) is 2.42. The molecule has 0 fully saturated rings. The van der Waals surface area contributed by atoms with Crippen LogP contribution in [0.5, 0.6) is 0 Å². The van der Waals surface area contributed by atoms with E-state index in [4.69, 9.17) is 4.74 Å². The lowest BCUT2D eigenvalue weighted by atomic mass is 9.93. The van der Waals surface area contributed by atoms with Crippen molar-refractivity contribution in [2.45, 2.75) is 44.6 Å². The average molecular weight is 607 g/mol. The Morgan fingerprint density at radius 2 is 1.40 bits per heavy atom. The van der Waals surface area contributed by atoms with Gasteiger partial charge in [0.15, 0.2) is 0 Å². The summed E-state index contributed by atoms with van der Waals surface area (Å²) >= 11 is 0. The highest BCUT2D eigenvalue weighted by atomic mass is 16.5. The second-order valence-corrected chi connectivity index (χ2v) is 11.3. The first-order valence-electron chi connectivity index (χ1n) is 15.4. The number of carboxylic acid groups (broad SMARTS) is 1. The van der Waals surface area contributed by atoms with Crippen LogP contribution in [-0.2, 0) is 25.5 Å². The Labute approximate surface area is 265 Å². The van der Waals surface area contributed by atoms with Crippen LogP contribution in [0.25, 0.3) is 11.1 Å². The lowest BCUT2D eigenvalue weighted by Gasteiger charge is -2.24. The van der Waals surface area contributed by atoms with Crippen molar-refractivity contribution >= 4 is 17.8 Å². The zero-order chi connectivity index (χ0) is 32.0. The van der Waals surface area contributed by atoms with Crippen LogP contribution in [0.2, 0.25) is 0 Å². The second kappa shape index (κ2) is 16.9. The van der Waals surface area contributed by atoms with E-state index in [9.17, 15) is 19.5 Å². The summed E-state index contributed by atoms with van der Waals surface area (Å²) in [5.41, 5.74) is 6.35.